The Hall–Kier alpha value is -6.54. The summed E-state index contributed by atoms with van der Waals surface area (Å²) < 4.78 is 37.2. The molecule has 0 spiro atoms. The van der Waals surface area contributed by atoms with E-state index in [-0.39, 0.29) is 22.9 Å². The van der Waals surface area contributed by atoms with Gasteiger partial charge in [0.25, 0.3) is 5.92 Å². The fourth-order valence-corrected chi connectivity index (χ4v) is 6.30. The van der Waals surface area contributed by atoms with Crippen LogP contribution in [-0.2, 0) is 10.7 Å². The number of amidine groups is 2. The first-order valence-electron chi connectivity index (χ1n) is 16.1. The van der Waals surface area contributed by atoms with Gasteiger partial charge in [0.2, 0.25) is 11.8 Å². The lowest BCUT2D eigenvalue weighted by Crippen LogP contribution is -2.33. The first kappa shape index (κ1) is 30.8. The van der Waals surface area contributed by atoms with Crippen LogP contribution in [0.1, 0.15) is 45.1 Å². The minimum atomic E-state index is -3.16. The summed E-state index contributed by atoms with van der Waals surface area (Å²) in [6.45, 7) is 0. The second kappa shape index (κ2) is 12.5. The van der Waals surface area contributed by atoms with Crippen molar-refractivity contribution in [2.45, 2.75) is 12.1 Å². The van der Waals surface area contributed by atoms with E-state index in [2.05, 4.69) is 5.32 Å². The van der Waals surface area contributed by atoms with Crippen LogP contribution in [0.2, 0.25) is 0 Å². The van der Waals surface area contributed by atoms with E-state index in [1.807, 2.05) is 78.9 Å². The molecule has 6 aromatic rings. The zero-order valence-electron chi connectivity index (χ0n) is 26.6. The van der Waals surface area contributed by atoms with E-state index in [4.69, 9.17) is 25.5 Å². The lowest BCUT2D eigenvalue weighted by molar-refractivity contribution is 0.0480. The molecule has 0 saturated heterocycles. The maximum Gasteiger partial charge on any atom is 0.299 e. The number of ether oxygens (including phenoxy) is 1. The van der Waals surface area contributed by atoms with Crippen LogP contribution >= 0.6 is 0 Å². The highest BCUT2D eigenvalue weighted by Gasteiger charge is 2.44. The summed E-state index contributed by atoms with van der Waals surface area (Å²) in [5.41, 5.74) is 5.89. The highest BCUT2D eigenvalue weighted by Crippen LogP contribution is 2.52. The number of alkyl halides is 2. The first-order chi connectivity index (χ1) is 24.3. The van der Waals surface area contributed by atoms with E-state index in [1.165, 1.54) is 12.1 Å². The molecule has 1 aliphatic heterocycles. The first-order valence-corrected chi connectivity index (χ1v) is 16.1. The number of nitrogens with zero attached hydrogens (tertiary/aromatic N) is 2. The molecule has 0 amide bonds. The van der Waals surface area contributed by atoms with Crippen LogP contribution in [0, 0.1) is 10.8 Å². The van der Waals surface area contributed by atoms with Gasteiger partial charge in [-0.15, -0.1) is 0 Å². The molecule has 242 valence electrons. The molecule has 3 N–H and O–H groups in total. The van der Waals surface area contributed by atoms with Gasteiger partial charge in [-0.2, -0.15) is 8.78 Å². The van der Waals surface area contributed by atoms with E-state index in [0.29, 0.717) is 39.5 Å². The summed E-state index contributed by atoms with van der Waals surface area (Å²) in [6.07, 6.45) is -0.411. The molecule has 0 radical (unpaired) electrons. The molecule has 1 unspecified atom stereocenters. The van der Waals surface area contributed by atoms with Crippen molar-refractivity contribution in [1.29, 1.82) is 10.8 Å². The van der Waals surface area contributed by atoms with E-state index < -0.39 is 12.1 Å². The fourth-order valence-electron chi connectivity index (χ4n) is 6.30. The Balaban J connectivity index is 1.11. The zero-order valence-corrected chi connectivity index (χ0v) is 26.6. The number of aliphatic imine (C=N–C) groups is 2. The second-order valence-electron chi connectivity index (χ2n) is 12.0. The van der Waals surface area contributed by atoms with Crippen molar-refractivity contribution in [2.24, 2.45) is 9.98 Å². The Morgan fingerprint density at radius 3 is 1.74 bits per heavy atom. The highest BCUT2D eigenvalue weighted by molar-refractivity contribution is 6.13. The van der Waals surface area contributed by atoms with Crippen molar-refractivity contribution in [2.75, 3.05) is 0 Å². The van der Waals surface area contributed by atoms with E-state index in [0.717, 1.165) is 22.3 Å². The van der Waals surface area contributed by atoms with Gasteiger partial charge in [0, 0.05) is 33.4 Å². The average molecular weight is 658 g/mol. The molecule has 1 aliphatic carbocycles. The highest BCUT2D eigenvalue weighted by atomic mass is 19.3. The molecule has 2 aliphatic rings. The largest absolute Gasteiger partial charge is 0.421 e. The molecule has 0 bridgehead atoms. The third-order valence-electron chi connectivity index (χ3n) is 8.89. The van der Waals surface area contributed by atoms with Crippen LogP contribution in [0.15, 0.2) is 162 Å². The Morgan fingerprint density at radius 1 is 0.580 bits per heavy atom. The van der Waals surface area contributed by atoms with Crippen molar-refractivity contribution < 1.29 is 13.5 Å². The minimum Gasteiger partial charge on any atom is -0.421 e. The van der Waals surface area contributed by atoms with Crippen LogP contribution in [0.3, 0.4) is 0 Å². The predicted octanol–water partition coefficient (Wildman–Crippen LogP) is 9.34. The number of hydrogen-bond donors (Lipinski definition) is 3. The number of rotatable bonds is 6. The van der Waals surface area contributed by atoms with Crippen LogP contribution in [0.4, 0.5) is 8.78 Å². The molecule has 8 rings (SSSR count). The van der Waals surface area contributed by atoms with Crippen LogP contribution in [-0.4, -0.2) is 23.5 Å². The summed E-state index contributed by atoms with van der Waals surface area (Å²) in [6, 6.07) is 45.5. The summed E-state index contributed by atoms with van der Waals surface area (Å²) >= 11 is 0. The molecule has 0 aromatic heterocycles. The van der Waals surface area contributed by atoms with Gasteiger partial charge in [-0.05, 0) is 64.2 Å². The molecule has 6 nitrogen and oxygen atoms in total. The maximum atomic E-state index is 15.9. The van der Waals surface area contributed by atoms with Crippen molar-refractivity contribution >= 4 is 23.5 Å². The Bertz CT molecular complexity index is 2320. The van der Waals surface area contributed by atoms with E-state index >= 15 is 8.78 Å². The fraction of sp³-hybridized carbons (Fsp3) is 0.0476. The van der Waals surface area contributed by atoms with Gasteiger partial charge in [-0.3, -0.25) is 10.8 Å². The monoisotopic (exact) mass is 657 g/mol. The van der Waals surface area contributed by atoms with E-state index in [1.54, 1.807) is 60.7 Å². The second-order valence-corrected chi connectivity index (χ2v) is 12.0. The van der Waals surface area contributed by atoms with Crippen molar-refractivity contribution in [3.05, 3.63) is 191 Å². The summed E-state index contributed by atoms with van der Waals surface area (Å²) in [5.74, 6) is -2.34. The van der Waals surface area contributed by atoms with Crippen LogP contribution in [0.5, 0.6) is 0 Å². The van der Waals surface area contributed by atoms with Gasteiger partial charge in [-0.25, -0.2) is 9.98 Å². The maximum absolute atomic E-state index is 15.9. The third-order valence-corrected chi connectivity index (χ3v) is 8.89. The average Bonchev–Trinajstić information content (AvgIpc) is 3.40. The SMILES string of the molecule is N=C(OC(=N)c1ccc(-c2ccc3c(c2)-c2cc(C4=NC(c5ccccc5)=NC(c5ccccc5)N4)ccc2C3(F)F)cc1)c1ccccc1. The molecule has 0 fully saturated rings. The zero-order chi connectivity index (χ0) is 34.2. The molecule has 0 saturated carbocycles. The Kier molecular flexibility index (Phi) is 7.68. The molecule has 1 atom stereocenters. The number of halogens is 2. The van der Waals surface area contributed by atoms with Gasteiger partial charge in [0.05, 0.1) is 0 Å². The molecule has 8 heteroatoms. The normalized spacial score (nSPS) is 15.5. The standard InChI is InChI=1S/C42H29F2N5O/c43-42(44)35-22-20-31(26-16-18-28(19-17-26)38(46)50-37(45)27-10-4-1-5-11-27)24-33(35)34-25-32(21-23-36(34)42)41-48-39(29-12-6-2-7-13-29)47-40(49-41)30-14-8-3-9-15-30/h1-25,39,45-46H,(H,47,48,49). The van der Waals surface area contributed by atoms with E-state index in [9.17, 15) is 0 Å². The van der Waals surface area contributed by atoms with Gasteiger partial charge >= 0.3 is 0 Å². The summed E-state index contributed by atoms with van der Waals surface area (Å²) in [7, 11) is 0. The molecular weight excluding hydrogens is 628 g/mol. The quantitative estimate of drug-likeness (QED) is 0.123. The predicted molar refractivity (Wildman–Crippen MR) is 193 cm³/mol. The minimum absolute atomic E-state index is 0.0492. The lowest BCUT2D eigenvalue weighted by atomic mass is 9.97. The Labute approximate surface area is 287 Å². The van der Waals surface area contributed by atoms with Crippen molar-refractivity contribution in [1.82, 2.24) is 5.32 Å². The number of benzene rings is 6. The summed E-state index contributed by atoms with van der Waals surface area (Å²) in [4.78, 5) is 9.75. The number of hydrogen-bond acceptors (Lipinski definition) is 6. The van der Waals surface area contributed by atoms with Crippen LogP contribution < -0.4 is 5.32 Å². The number of nitrogens with one attached hydrogen (secondary N) is 3. The van der Waals surface area contributed by atoms with Gasteiger partial charge in [0.15, 0.2) is 5.84 Å². The Morgan fingerprint density at radius 2 is 1.10 bits per heavy atom. The molecule has 1 heterocycles. The molecule has 6 aromatic carbocycles. The molecular formula is C42H29F2N5O. The van der Waals surface area contributed by atoms with Gasteiger partial charge in [-0.1, -0.05) is 115 Å². The van der Waals surface area contributed by atoms with Crippen LogP contribution in [0.25, 0.3) is 22.3 Å². The van der Waals surface area contributed by atoms with Crippen molar-refractivity contribution in [3.8, 4) is 22.3 Å². The topological polar surface area (TPSA) is 93.7 Å². The van der Waals surface area contributed by atoms with Gasteiger partial charge < -0.3 is 10.1 Å². The van der Waals surface area contributed by atoms with Crippen molar-refractivity contribution in [3.63, 3.8) is 0 Å². The lowest BCUT2D eigenvalue weighted by Gasteiger charge is -2.24. The van der Waals surface area contributed by atoms with Gasteiger partial charge in [0.1, 0.15) is 12.0 Å². The molecule has 50 heavy (non-hydrogen) atoms. The smallest absolute Gasteiger partial charge is 0.299 e. The number of fused-ring (bicyclic) bond motifs is 3. The summed E-state index contributed by atoms with van der Waals surface area (Å²) in [5, 5.41) is 20.0. The third kappa shape index (κ3) is 5.66.